The SMILES string of the molecule is COc1ccc(C2C/C(=N\O)c3c(SCc4ccccc4)sc(C(=O)NCc4cnc(C)s4)c3C2)cc1. The van der Waals surface area contributed by atoms with Crippen molar-refractivity contribution in [1.29, 1.82) is 0 Å². The molecule has 2 heterocycles. The van der Waals surface area contributed by atoms with Gasteiger partial charge in [-0.1, -0.05) is 47.6 Å². The van der Waals surface area contributed by atoms with Crippen molar-refractivity contribution in [3.63, 3.8) is 0 Å². The van der Waals surface area contributed by atoms with Crippen LogP contribution >= 0.6 is 34.4 Å². The molecule has 4 aromatic rings. The highest BCUT2D eigenvalue weighted by Crippen LogP contribution is 2.45. The van der Waals surface area contributed by atoms with Crippen LogP contribution in [-0.2, 0) is 18.7 Å². The van der Waals surface area contributed by atoms with Crippen LogP contribution in [0.1, 0.15) is 54.1 Å². The van der Waals surface area contributed by atoms with Crippen molar-refractivity contribution in [1.82, 2.24) is 10.3 Å². The van der Waals surface area contributed by atoms with Crippen molar-refractivity contribution >= 4 is 46.1 Å². The Balaban J connectivity index is 1.47. The zero-order valence-corrected chi connectivity index (χ0v) is 23.0. The Morgan fingerprint density at radius 1 is 1.16 bits per heavy atom. The number of carbonyl (C=O) groups excluding carboxylic acids is 1. The second-order valence-electron chi connectivity index (χ2n) is 8.80. The van der Waals surface area contributed by atoms with E-state index in [0.29, 0.717) is 30.0 Å². The number of thiophene rings is 1. The Morgan fingerprint density at radius 3 is 2.62 bits per heavy atom. The molecule has 2 aromatic heterocycles. The van der Waals surface area contributed by atoms with Gasteiger partial charge in [-0.25, -0.2) is 4.98 Å². The molecule has 1 aliphatic carbocycles. The van der Waals surface area contributed by atoms with Crippen molar-refractivity contribution in [3.05, 3.63) is 97.8 Å². The molecule has 6 nitrogen and oxygen atoms in total. The first-order chi connectivity index (χ1) is 18.1. The summed E-state index contributed by atoms with van der Waals surface area (Å²) in [7, 11) is 1.65. The minimum Gasteiger partial charge on any atom is -0.497 e. The third-order valence-corrected chi connectivity index (χ3v) is 9.86. The summed E-state index contributed by atoms with van der Waals surface area (Å²) >= 11 is 4.76. The molecular formula is C28H27N3O3S3. The predicted molar refractivity (Wildman–Crippen MR) is 151 cm³/mol. The van der Waals surface area contributed by atoms with Crippen LogP contribution in [0.15, 0.2) is 70.2 Å². The first-order valence-electron chi connectivity index (χ1n) is 11.9. The van der Waals surface area contributed by atoms with Gasteiger partial charge in [-0.05, 0) is 48.1 Å². The van der Waals surface area contributed by atoms with E-state index in [1.54, 1.807) is 30.2 Å². The first kappa shape index (κ1) is 25.5. The molecule has 9 heteroatoms. The number of hydrogen-bond acceptors (Lipinski definition) is 8. The molecule has 0 radical (unpaired) electrons. The van der Waals surface area contributed by atoms with Crippen molar-refractivity contribution in [3.8, 4) is 5.75 Å². The second-order valence-corrected chi connectivity index (χ2v) is 12.4. The zero-order valence-electron chi connectivity index (χ0n) is 20.6. The number of benzene rings is 2. The van der Waals surface area contributed by atoms with Gasteiger partial charge < -0.3 is 15.3 Å². The molecule has 0 fully saturated rings. The number of thiazole rings is 1. The van der Waals surface area contributed by atoms with Gasteiger partial charge in [0, 0.05) is 28.8 Å². The van der Waals surface area contributed by atoms with Gasteiger partial charge in [-0.2, -0.15) is 0 Å². The number of aryl methyl sites for hydroxylation is 1. The van der Waals surface area contributed by atoms with E-state index in [0.717, 1.165) is 42.3 Å². The van der Waals surface area contributed by atoms with Crippen LogP contribution in [0.3, 0.4) is 0 Å². The lowest BCUT2D eigenvalue weighted by molar-refractivity contribution is 0.0954. The fourth-order valence-corrected chi connectivity index (χ4v) is 7.80. The fraction of sp³-hybridized carbons (Fsp3) is 0.250. The molecule has 190 valence electrons. The van der Waals surface area contributed by atoms with Crippen LogP contribution in [0.2, 0.25) is 0 Å². The van der Waals surface area contributed by atoms with E-state index < -0.39 is 0 Å². The number of fused-ring (bicyclic) bond motifs is 1. The Kier molecular flexibility index (Phi) is 7.93. The maximum Gasteiger partial charge on any atom is 0.261 e. The minimum atomic E-state index is -0.105. The molecule has 2 aromatic carbocycles. The van der Waals surface area contributed by atoms with E-state index in [1.165, 1.54) is 16.9 Å². The summed E-state index contributed by atoms with van der Waals surface area (Å²) in [5, 5.41) is 17.8. The van der Waals surface area contributed by atoms with Crippen LogP contribution in [0, 0.1) is 6.92 Å². The molecule has 0 spiro atoms. The third-order valence-electron chi connectivity index (χ3n) is 6.37. The van der Waals surface area contributed by atoms with Crippen molar-refractivity contribution in [2.45, 2.75) is 42.2 Å². The average molecular weight is 550 g/mol. The highest BCUT2D eigenvalue weighted by Gasteiger charge is 2.34. The van der Waals surface area contributed by atoms with Gasteiger partial charge in [0.25, 0.3) is 5.91 Å². The van der Waals surface area contributed by atoms with Gasteiger partial charge in [0.2, 0.25) is 0 Å². The summed E-state index contributed by atoms with van der Waals surface area (Å²) in [4.78, 5) is 19.5. The van der Waals surface area contributed by atoms with Crippen LogP contribution in [0.25, 0.3) is 0 Å². The summed E-state index contributed by atoms with van der Waals surface area (Å²) in [6.45, 7) is 2.39. The Morgan fingerprint density at radius 2 is 1.95 bits per heavy atom. The number of nitrogens with one attached hydrogen (secondary N) is 1. The molecule has 1 amide bonds. The Hall–Kier alpha value is -3.14. The third kappa shape index (κ3) is 5.74. The molecule has 1 atom stereocenters. The lowest BCUT2D eigenvalue weighted by atomic mass is 9.80. The second kappa shape index (κ2) is 11.5. The van der Waals surface area contributed by atoms with E-state index in [2.05, 4.69) is 27.6 Å². The summed E-state index contributed by atoms with van der Waals surface area (Å²) in [6.07, 6.45) is 3.11. The normalized spacial score (nSPS) is 15.9. The standard InChI is InChI=1S/C28H27N3O3S3/c1-17-29-14-22(36-17)15-30-27(32)26-23-12-20(19-8-10-21(34-2)11-9-19)13-24(31-33)25(23)28(37-26)35-16-18-6-4-3-5-7-18/h3-11,14,20,33H,12-13,15-16H2,1-2H3,(H,30,32)/b31-24+. The monoisotopic (exact) mass is 549 g/mol. The summed E-state index contributed by atoms with van der Waals surface area (Å²) < 4.78 is 6.33. The maximum atomic E-state index is 13.5. The van der Waals surface area contributed by atoms with Crippen molar-refractivity contribution in [2.24, 2.45) is 5.16 Å². The smallest absolute Gasteiger partial charge is 0.261 e. The number of ether oxygens (including phenoxy) is 1. The van der Waals surface area contributed by atoms with Crippen LogP contribution in [0.5, 0.6) is 5.75 Å². The van der Waals surface area contributed by atoms with E-state index in [4.69, 9.17) is 4.74 Å². The number of aromatic nitrogens is 1. The van der Waals surface area contributed by atoms with Gasteiger partial charge in [-0.3, -0.25) is 4.79 Å². The zero-order chi connectivity index (χ0) is 25.8. The van der Waals surface area contributed by atoms with E-state index >= 15 is 0 Å². The average Bonchev–Trinajstić information content (AvgIpc) is 3.53. The molecule has 0 bridgehead atoms. The first-order valence-corrected chi connectivity index (χ1v) is 14.5. The molecule has 1 unspecified atom stereocenters. The topological polar surface area (TPSA) is 83.8 Å². The number of amides is 1. The lowest BCUT2D eigenvalue weighted by Gasteiger charge is -2.25. The van der Waals surface area contributed by atoms with Gasteiger partial charge in [0.1, 0.15) is 5.75 Å². The summed E-state index contributed by atoms with van der Waals surface area (Å²) in [6, 6.07) is 18.2. The van der Waals surface area contributed by atoms with E-state index in [1.807, 2.05) is 55.6 Å². The van der Waals surface area contributed by atoms with Gasteiger partial charge >= 0.3 is 0 Å². The highest BCUT2D eigenvalue weighted by atomic mass is 32.2. The van der Waals surface area contributed by atoms with E-state index in [9.17, 15) is 10.0 Å². The number of rotatable bonds is 8. The number of nitrogens with zero attached hydrogens (tertiary/aromatic N) is 2. The Labute approximate surface area is 228 Å². The number of hydrogen-bond donors (Lipinski definition) is 2. The molecule has 37 heavy (non-hydrogen) atoms. The van der Waals surface area contributed by atoms with E-state index in [-0.39, 0.29) is 11.8 Å². The van der Waals surface area contributed by atoms with Gasteiger partial charge in [-0.15, -0.1) is 34.4 Å². The quantitative estimate of drug-likeness (QED) is 0.146. The Bertz CT molecular complexity index is 1410. The number of oxime groups is 1. The maximum absolute atomic E-state index is 13.5. The molecular weight excluding hydrogens is 523 g/mol. The summed E-state index contributed by atoms with van der Waals surface area (Å²) in [5.41, 5.74) is 4.83. The predicted octanol–water partition coefficient (Wildman–Crippen LogP) is 6.65. The molecule has 0 saturated heterocycles. The van der Waals surface area contributed by atoms with Crippen LogP contribution < -0.4 is 10.1 Å². The minimum absolute atomic E-state index is 0.0987. The van der Waals surface area contributed by atoms with Crippen LogP contribution in [0.4, 0.5) is 0 Å². The molecule has 0 aliphatic heterocycles. The highest BCUT2D eigenvalue weighted by molar-refractivity contribution is 8.00. The largest absolute Gasteiger partial charge is 0.497 e. The molecule has 0 saturated carbocycles. The molecule has 5 rings (SSSR count). The lowest BCUT2D eigenvalue weighted by Crippen LogP contribution is -2.25. The van der Waals surface area contributed by atoms with Gasteiger partial charge in [0.15, 0.2) is 0 Å². The van der Waals surface area contributed by atoms with Crippen LogP contribution in [-0.4, -0.2) is 28.9 Å². The van der Waals surface area contributed by atoms with Crippen molar-refractivity contribution in [2.75, 3.05) is 7.11 Å². The van der Waals surface area contributed by atoms with Gasteiger partial charge in [0.05, 0.1) is 33.5 Å². The summed E-state index contributed by atoms with van der Waals surface area (Å²) in [5.74, 6) is 1.56. The number of thioether (sulfide) groups is 1. The number of methoxy groups -OCH3 is 1. The molecule has 2 N–H and O–H groups in total. The number of carbonyl (C=O) groups is 1. The van der Waals surface area contributed by atoms with Crippen molar-refractivity contribution < 1.29 is 14.7 Å². The fourth-order valence-electron chi connectivity index (χ4n) is 4.53. The molecule has 1 aliphatic rings.